The molecule has 1 heterocycles. The normalized spacial score (nSPS) is 10.5. The van der Waals surface area contributed by atoms with Crippen molar-refractivity contribution in [1.29, 1.82) is 0 Å². The van der Waals surface area contributed by atoms with Gasteiger partial charge >= 0.3 is 6.01 Å². The Hall–Kier alpha value is -2.62. The molecule has 4 heteroatoms. The molecule has 1 aromatic heterocycles. The minimum Gasteiger partial charge on any atom is -0.408 e. The molecule has 0 unspecified atom stereocenters. The van der Waals surface area contributed by atoms with Gasteiger partial charge in [-0.05, 0) is 17.5 Å². The van der Waals surface area contributed by atoms with E-state index in [0.717, 1.165) is 12.8 Å². The van der Waals surface area contributed by atoms with Gasteiger partial charge in [-0.3, -0.25) is 0 Å². The third-order valence-electron chi connectivity index (χ3n) is 3.22. The monoisotopic (exact) mass is 279 g/mol. The van der Waals surface area contributed by atoms with Gasteiger partial charge in [-0.2, -0.15) is 0 Å². The molecule has 0 fully saturated rings. The smallest absolute Gasteiger partial charge is 0.315 e. The van der Waals surface area contributed by atoms with E-state index in [0.29, 0.717) is 18.5 Å². The average molecular weight is 279 g/mol. The van der Waals surface area contributed by atoms with E-state index in [-0.39, 0.29) is 0 Å². The fourth-order valence-electron chi connectivity index (χ4n) is 2.10. The lowest BCUT2D eigenvalue weighted by Crippen LogP contribution is -1.98. The summed E-state index contributed by atoms with van der Waals surface area (Å²) < 4.78 is 5.59. The van der Waals surface area contributed by atoms with Crippen LogP contribution in [0.25, 0.3) is 0 Å². The number of anilines is 1. The van der Waals surface area contributed by atoms with Gasteiger partial charge in [0.05, 0.1) is 0 Å². The van der Waals surface area contributed by atoms with E-state index in [2.05, 4.69) is 39.8 Å². The van der Waals surface area contributed by atoms with Crippen molar-refractivity contribution in [2.24, 2.45) is 0 Å². The molecule has 0 saturated carbocycles. The summed E-state index contributed by atoms with van der Waals surface area (Å²) in [6.07, 6.45) is 1.66. The highest BCUT2D eigenvalue weighted by atomic mass is 16.4. The number of nitrogens with one attached hydrogen (secondary N) is 1. The van der Waals surface area contributed by atoms with Crippen molar-refractivity contribution in [3.8, 4) is 0 Å². The van der Waals surface area contributed by atoms with E-state index < -0.39 is 0 Å². The van der Waals surface area contributed by atoms with Gasteiger partial charge in [0.1, 0.15) is 0 Å². The Morgan fingerprint density at radius 1 is 0.762 bits per heavy atom. The molecule has 0 spiro atoms. The lowest BCUT2D eigenvalue weighted by molar-refractivity contribution is 0.503. The number of hydrogen-bond acceptors (Lipinski definition) is 4. The maximum atomic E-state index is 5.59. The van der Waals surface area contributed by atoms with Crippen LogP contribution in [0.15, 0.2) is 65.1 Å². The summed E-state index contributed by atoms with van der Waals surface area (Å²) in [4.78, 5) is 0. The molecular formula is C17H17N3O. The molecule has 4 nitrogen and oxygen atoms in total. The van der Waals surface area contributed by atoms with Gasteiger partial charge in [0.2, 0.25) is 5.89 Å². The van der Waals surface area contributed by atoms with Gasteiger partial charge in [0.25, 0.3) is 0 Å². The molecule has 0 saturated heterocycles. The number of aryl methyl sites for hydroxylation is 2. The Morgan fingerprint density at radius 3 is 2.14 bits per heavy atom. The second-order valence-corrected chi connectivity index (χ2v) is 4.83. The molecule has 0 atom stereocenters. The van der Waals surface area contributed by atoms with Crippen LogP contribution in [0.2, 0.25) is 0 Å². The van der Waals surface area contributed by atoms with E-state index in [1.54, 1.807) is 0 Å². The van der Waals surface area contributed by atoms with Crippen molar-refractivity contribution >= 4 is 6.01 Å². The van der Waals surface area contributed by atoms with Gasteiger partial charge in [0, 0.05) is 13.0 Å². The number of hydrogen-bond donors (Lipinski definition) is 1. The summed E-state index contributed by atoms with van der Waals surface area (Å²) >= 11 is 0. The summed E-state index contributed by atoms with van der Waals surface area (Å²) in [5.74, 6) is 0.661. The first-order valence-electron chi connectivity index (χ1n) is 7.04. The topological polar surface area (TPSA) is 51.0 Å². The lowest BCUT2D eigenvalue weighted by atomic mass is 10.1. The molecule has 3 aromatic rings. The number of rotatable bonds is 6. The maximum Gasteiger partial charge on any atom is 0.315 e. The van der Waals surface area contributed by atoms with E-state index >= 15 is 0 Å². The Balaban J connectivity index is 1.52. The van der Waals surface area contributed by atoms with E-state index in [9.17, 15) is 0 Å². The van der Waals surface area contributed by atoms with Gasteiger partial charge in [-0.15, -0.1) is 5.10 Å². The first kappa shape index (κ1) is 13.4. The Morgan fingerprint density at radius 2 is 1.43 bits per heavy atom. The second kappa shape index (κ2) is 6.70. The van der Waals surface area contributed by atoms with Gasteiger partial charge in [-0.1, -0.05) is 65.8 Å². The van der Waals surface area contributed by atoms with Crippen LogP contribution in [0.1, 0.15) is 17.0 Å². The minimum atomic E-state index is 0.474. The number of benzene rings is 2. The Bertz CT molecular complexity index is 607. The molecule has 0 aliphatic heterocycles. The first-order chi connectivity index (χ1) is 10.4. The number of nitrogens with zero attached hydrogens (tertiary/aromatic N) is 2. The maximum absolute atomic E-state index is 5.59. The Kier molecular flexibility index (Phi) is 4.27. The van der Waals surface area contributed by atoms with Crippen molar-refractivity contribution in [1.82, 2.24) is 10.2 Å². The summed E-state index contributed by atoms with van der Waals surface area (Å²) in [6, 6.07) is 20.9. The van der Waals surface area contributed by atoms with Crippen LogP contribution in [-0.2, 0) is 19.4 Å². The molecule has 3 rings (SSSR count). The van der Waals surface area contributed by atoms with Crippen molar-refractivity contribution < 1.29 is 4.42 Å². The zero-order valence-corrected chi connectivity index (χ0v) is 11.7. The highest BCUT2D eigenvalue weighted by Gasteiger charge is 2.05. The third-order valence-corrected chi connectivity index (χ3v) is 3.22. The zero-order chi connectivity index (χ0) is 14.3. The van der Waals surface area contributed by atoms with Crippen molar-refractivity contribution in [3.05, 3.63) is 77.7 Å². The van der Waals surface area contributed by atoms with Gasteiger partial charge in [0.15, 0.2) is 0 Å². The van der Waals surface area contributed by atoms with Crippen LogP contribution in [0, 0.1) is 0 Å². The molecule has 0 aliphatic carbocycles. The van der Waals surface area contributed by atoms with Crippen LogP contribution in [-0.4, -0.2) is 10.2 Å². The molecule has 21 heavy (non-hydrogen) atoms. The van der Waals surface area contributed by atoms with E-state index in [1.807, 2.05) is 36.4 Å². The molecule has 0 amide bonds. The second-order valence-electron chi connectivity index (χ2n) is 4.83. The molecular weight excluding hydrogens is 262 g/mol. The van der Waals surface area contributed by atoms with Gasteiger partial charge in [-0.25, -0.2) is 0 Å². The van der Waals surface area contributed by atoms with Crippen LogP contribution in [0.4, 0.5) is 6.01 Å². The summed E-state index contributed by atoms with van der Waals surface area (Å²) in [7, 11) is 0. The van der Waals surface area contributed by atoms with Crippen LogP contribution >= 0.6 is 0 Å². The quantitative estimate of drug-likeness (QED) is 0.750. The first-order valence-corrected chi connectivity index (χ1v) is 7.04. The van der Waals surface area contributed by atoms with Crippen molar-refractivity contribution in [2.45, 2.75) is 19.4 Å². The van der Waals surface area contributed by atoms with E-state index in [1.165, 1.54) is 11.1 Å². The molecule has 2 aromatic carbocycles. The fraction of sp³-hybridized carbons (Fsp3) is 0.176. The molecule has 0 radical (unpaired) electrons. The highest BCUT2D eigenvalue weighted by Crippen LogP contribution is 2.10. The van der Waals surface area contributed by atoms with Crippen molar-refractivity contribution in [2.75, 3.05) is 5.32 Å². The Labute approximate surface area is 123 Å². The lowest BCUT2D eigenvalue weighted by Gasteiger charge is -2.00. The number of aromatic nitrogens is 2. The molecule has 0 bridgehead atoms. The standard InChI is InChI=1S/C17H17N3O/c1-3-7-14(8-4-1)11-12-16-19-20-17(21-16)18-13-15-9-5-2-6-10-15/h1-10H,11-13H2,(H,18,20). The summed E-state index contributed by atoms with van der Waals surface area (Å²) in [5, 5.41) is 11.2. The predicted octanol–water partition coefficient (Wildman–Crippen LogP) is 3.47. The van der Waals surface area contributed by atoms with Gasteiger partial charge < -0.3 is 9.73 Å². The largest absolute Gasteiger partial charge is 0.408 e. The summed E-state index contributed by atoms with van der Waals surface area (Å²) in [5.41, 5.74) is 2.45. The molecule has 106 valence electrons. The van der Waals surface area contributed by atoms with Crippen LogP contribution in [0.3, 0.4) is 0 Å². The average Bonchev–Trinajstić information content (AvgIpc) is 3.01. The van der Waals surface area contributed by atoms with Crippen LogP contribution in [0.5, 0.6) is 0 Å². The summed E-state index contributed by atoms with van der Waals surface area (Å²) in [6.45, 7) is 0.682. The van der Waals surface area contributed by atoms with Crippen molar-refractivity contribution in [3.63, 3.8) is 0 Å². The predicted molar refractivity (Wildman–Crippen MR) is 81.9 cm³/mol. The molecule has 0 aliphatic rings. The zero-order valence-electron chi connectivity index (χ0n) is 11.7. The highest BCUT2D eigenvalue weighted by molar-refractivity contribution is 5.23. The minimum absolute atomic E-state index is 0.474. The third kappa shape index (κ3) is 3.92. The molecule has 1 N–H and O–H groups in total. The van der Waals surface area contributed by atoms with E-state index in [4.69, 9.17) is 4.42 Å². The fourth-order valence-corrected chi connectivity index (χ4v) is 2.10. The SMILES string of the molecule is c1ccc(CCc2nnc(NCc3ccccc3)o2)cc1. The van der Waals surface area contributed by atoms with Crippen LogP contribution < -0.4 is 5.32 Å².